The number of aliphatic hydroxyl groups excluding tert-OH is 1. The highest BCUT2D eigenvalue weighted by atomic mass is 32.1. The van der Waals surface area contributed by atoms with Gasteiger partial charge in [0.25, 0.3) is 0 Å². The Bertz CT molecular complexity index is 1380. The highest BCUT2D eigenvalue weighted by Gasteiger charge is 2.28. The molecule has 1 unspecified atom stereocenters. The lowest BCUT2D eigenvalue weighted by molar-refractivity contribution is 0.0620. The maximum absolute atomic E-state index is 12.3. The standard InChI is InChI=1S/C22H23N5O4S2/c1-27(7-2-8-28)22(30)31-13-4-5-14-16(10-13)32-20-18(14)19(23-11-24-20)25-12-3-6-15-17(9-12)33-21(29)26-15/h3,6,9,11,13,28H,2,4-5,7-8,10H2,1H3,(H,26,29)(H,23,24,25). The molecule has 33 heavy (non-hydrogen) atoms. The van der Waals surface area contributed by atoms with Crippen LogP contribution in [-0.2, 0) is 17.6 Å². The van der Waals surface area contributed by atoms with Crippen molar-refractivity contribution in [3.05, 3.63) is 44.6 Å². The van der Waals surface area contributed by atoms with Crippen LogP contribution in [0.3, 0.4) is 0 Å². The van der Waals surface area contributed by atoms with E-state index in [1.54, 1.807) is 24.7 Å². The normalized spacial score (nSPS) is 15.5. The van der Waals surface area contributed by atoms with Crippen molar-refractivity contribution in [2.45, 2.75) is 31.8 Å². The van der Waals surface area contributed by atoms with Crippen LogP contribution >= 0.6 is 22.7 Å². The van der Waals surface area contributed by atoms with Gasteiger partial charge in [0.1, 0.15) is 23.1 Å². The van der Waals surface area contributed by atoms with Gasteiger partial charge in [-0.3, -0.25) is 4.79 Å². The summed E-state index contributed by atoms with van der Waals surface area (Å²) in [6, 6.07) is 5.74. The van der Waals surface area contributed by atoms with E-state index < -0.39 is 0 Å². The zero-order valence-electron chi connectivity index (χ0n) is 18.0. The van der Waals surface area contributed by atoms with E-state index in [-0.39, 0.29) is 23.7 Å². The van der Waals surface area contributed by atoms with Crippen molar-refractivity contribution in [3.8, 4) is 0 Å². The molecule has 5 rings (SSSR count). The molecule has 0 fully saturated rings. The second-order valence-corrected chi connectivity index (χ2v) is 10.1. The van der Waals surface area contributed by atoms with Crippen molar-refractivity contribution in [1.82, 2.24) is 19.9 Å². The van der Waals surface area contributed by atoms with Gasteiger partial charge in [-0.25, -0.2) is 14.8 Å². The van der Waals surface area contributed by atoms with Crippen molar-refractivity contribution in [2.75, 3.05) is 25.5 Å². The second kappa shape index (κ2) is 9.08. The van der Waals surface area contributed by atoms with Gasteiger partial charge in [0.2, 0.25) is 0 Å². The number of hydrogen-bond acceptors (Lipinski definition) is 9. The summed E-state index contributed by atoms with van der Waals surface area (Å²) in [7, 11) is 1.68. The van der Waals surface area contributed by atoms with Gasteiger partial charge < -0.3 is 25.0 Å². The first kappa shape index (κ1) is 21.8. The van der Waals surface area contributed by atoms with Crippen LogP contribution in [0, 0.1) is 0 Å². The van der Waals surface area contributed by atoms with Crippen molar-refractivity contribution in [3.63, 3.8) is 0 Å². The molecule has 4 aromatic rings. The predicted molar refractivity (Wildman–Crippen MR) is 130 cm³/mol. The lowest BCUT2D eigenvalue weighted by Gasteiger charge is -2.25. The van der Waals surface area contributed by atoms with Crippen molar-refractivity contribution < 1.29 is 14.6 Å². The van der Waals surface area contributed by atoms with E-state index in [1.165, 1.54) is 21.8 Å². The van der Waals surface area contributed by atoms with Crippen molar-refractivity contribution >= 4 is 60.7 Å². The average Bonchev–Trinajstić information content (AvgIpc) is 3.36. The fraction of sp³-hybridized carbons (Fsp3) is 0.364. The average molecular weight is 486 g/mol. The minimum absolute atomic E-state index is 0.0445. The summed E-state index contributed by atoms with van der Waals surface area (Å²) in [5.41, 5.74) is 2.87. The Kier molecular flexibility index (Phi) is 6.00. The fourth-order valence-corrected chi connectivity index (χ4v) is 6.09. The molecule has 0 saturated heterocycles. The summed E-state index contributed by atoms with van der Waals surface area (Å²) in [5.74, 6) is 0.735. The van der Waals surface area contributed by atoms with Crippen LogP contribution in [-0.4, -0.2) is 57.4 Å². The third-order valence-corrected chi connectivity index (χ3v) is 7.72. The zero-order chi connectivity index (χ0) is 22.9. The number of ether oxygens (including phenoxy) is 1. The first-order chi connectivity index (χ1) is 16.0. The number of benzene rings is 1. The molecular formula is C22H23N5O4S2. The highest BCUT2D eigenvalue weighted by Crippen LogP contribution is 2.39. The number of aromatic amines is 1. The number of H-pyrrole nitrogens is 1. The van der Waals surface area contributed by atoms with Gasteiger partial charge in [-0.05, 0) is 43.0 Å². The Balaban J connectivity index is 1.37. The van der Waals surface area contributed by atoms with Crippen molar-refractivity contribution in [1.29, 1.82) is 0 Å². The van der Waals surface area contributed by atoms with Crippen LogP contribution < -0.4 is 10.2 Å². The van der Waals surface area contributed by atoms with E-state index in [2.05, 4.69) is 20.3 Å². The maximum atomic E-state index is 12.3. The number of aromatic nitrogens is 3. The smallest absolute Gasteiger partial charge is 0.409 e. The molecule has 1 amide bonds. The Hall–Kier alpha value is -3.02. The summed E-state index contributed by atoms with van der Waals surface area (Å²) in [6.45, 7) is 0.509. The largest absolute Gasteiger partial charge is 0.446 e. The number of amides is 1. The molecule has 0 radical (unpaired) electrons. The van der Waals surface area contributed by atoms with Crippen LogP contribution in [0.4, 0.5) is 16.3 Å². The monoisotopic (exact) mass is 485 g/mol. The van der Waals surface area contributed by atoms with Gasteiger partial charge in [-0.1, -0.05) is 11.3 Å². The van der Waals surface area contributed by atoms with Crippen LogP contribution in [0.25, 0.3) is 20.4 Å². The van der Waals surface area contributed by atoms with Crippen molar-refractivity contribution in [2.24, 2.45) is 0 Å². The number of anilines is 2. The number of rotatable bonds is 6. The highest BCUT2D eigenvalue weighted by molar-refractivity contribution is 7.19. The van der Waals surface area contributed by atoms with Gasteiger partial charge in [0.15, 0.2) is 0 Å². The van der Waals surface area contributed by atoms with Crippen LogP contribution in [0.15, 0.2) is 29.3 Å². The quantitative estimate of drug-likeness (QED) is 0.381. The number of nitrogens with one attached hydrogen (secondary N) is 2. The molecular weight excluding hydrogens is 462 g/mol. The third kappa shape index (κ3) is 4.43. The van der Waals surface area contributed by atoms with Gasteiger partial charge in [-0.15, -0.1) is 11.3 Å². The number of hydrogen-bond donors (Lipinski definition) is 3. The summed E-state index contributed by atoms with van der Waals surface area (Å²) < 4.78 is 6.59. The summed E-state index contributed by atoms with van der Waals surface area (Å²) in [5, 5.41) is 13.4. The SMILES string of the molecule is CN(CCCO)C(=O)OC1CCc2c(sc3ncnc(Nc4ccc5[nH]c(=O)sc5c4)c23)C1. The van der Waals surface area contributed by atoms with E-state index in [1.807, 2.05) is 18.2 Å². The topological polar surface area (TPSA) is 120 Å². The van der Waals surface area contributed by atoms with Crippen LogP contribution in [0.1, 0.15) is 23.3 Å². The van der Waals surface area contributed by atoms with E-state index in [9.17, 15) is 9.59 Å². The lowest BCUT2D eigenvalue weighted by atomic mass is 9.94. The Labute approximate surface area is 197 Å². The van der Waals surface area contributed by atoms with E-state index in [0.717, 1.165) is 49.7 Å². The number of thiophene rings is 1. The van der Waals surface area contributed by atoms with Crippen LogP contribution in [0.2, 0.25) is 0 Å². The van der Waals surface area contributed by atoms with E-state index in [0.29, 0.717) is 19.4 Å². The molecule has 3 N–H and O–H groups in total. The van der Waals surface area contributed by atoms with Gasteiger partial charge in [0, 0.05) is 37.2 Å². The number of carbonyl (C=O) groups is 1. The summed E-state index contributed by atoms with van der Waals surface area (Å²) in [4.78, 5) is 39.2. The maximum Gasteiger partial charge on any atom is 0.409 e. The minimum Gasteiger partial charge on any atom is -0.446 e. The molecule has 0 saturated carbocycles. The molecule has 0 spiro atoms. The van der Waals surface area contributed by atoms with Gasteiger partial charge in [-0.2, -0.15) is 0 Å². The summed E-state index contributed by atoms with van der Waals surface area (Å²) >= 11 is 2.79. The number of aliphatic hydroxyl groups is 1. The lowest BCUT2D eigenvalue weighted by Crippen LogP contribution is -2.34. The van der Waals surface area contributed by atoms with Crippen LogP contribution in [0.5, 0.6) is 0 Å². The Morgan fingerprint density at radius 3 is 3.09 bits per heavy atom. The molecule has 0 aliphatic heterocycles. The number of fused-ring (bicyclic) bond motifs is 4. The number of aryl methyl sites for hydroxylation is 1. The molecule has 11 heteroatoms. The molecule has 0 bridgehead atoms. The number of carbonyl (C=O) groups excluding carboxylic acids is 1. The predicted octanol–water partition coefficient (Wildman–Crippen LogP) is 3.65. The molecule has 9 nitrogen and oxygen atoms in total. The van der Waals surface area contributed by atoms with E-state index in [4.69, 9.17) is 9.84 Å². The Morgan fingerprint density at radius 1 is 1.36 bits per heavy atom. The molecule has 3 aromatic heterocycles. The van der Waals surface area contributed by atoms with Gasteiger partial charge in [0.05, 0.1) is 15.6 Å². The zero-order valence-corrected chi connectivity index (χ0v) is 19.6. The van der Waals surface area contributed by atoms with E-state index >= 15 is 0 Å². The first-order valence-corrected chi connectivity index (χ1v) is 12.3. The first-order valence-electron chi connectivity index (χ1n) is 10.7. The Morgan fingerprint density at radius 2 is 2.24 bits per heavy atom. The molecule has 3 heterocycles. The molecule has 1 aliphatic carbocycles. The third-order valence-electron chi connectivity index (χ3n) is 5.71. The van der Waals surface area contributed by atoms with Gasteiger partial charge >= 0.3 is 11.0 Å². The number of nitrogens with zero attached hydrogens (tertiary/aromatic N) is 3. The summed E-state index contributed by atoms with van der Waals surface area (Å²) in [6.07, 6.45) is 3.69. The molecule has 1 atom stereocenters. The molecule has 172 valence electrons. The molecule has 1 aliphatic rings. The fourth-order valence-electron chi connectivity index (χ4n) is 4.07. The minimum atomic E-state index is -0.359. The number of thiazole rings is 1. The molecule has 1 aromatic carbocycles. The second-order valence-electron chi connectivity index (χ2n) is 8.00.